The minimum Gasteiger partial charge on any atom is -0.309 e. The predicted octanol–water partition coefficient (Wildman–Crippen LogP) is 5.07. The Labute approximate surface area is 138 Å². The Balaban J connectivity index is 0.00000176. The Kier molecular flexibility index (Phi) is 6.20. The van der Waals surface area contributed by atoms with Gasteiger partial charge in [0.05, 0.1) is 0 Å². The van der Waals surface area contributed by atoms with Crippen molar-refractivity contribution in [2.24, 2.45) is 0 Å². The first kappa shape index (κ1) is 16.3. The maximum Gasteiger partial charge on any atom is 0.0208 e. The van der Waals surface area contributed by atoms with E-state index < -0.39 is 0 Å². The summed E-state index contributed by atoms with van der Waals surface area (Å²) in [7, 11) is 0. The highest BCUT2D eigenvalue weighted by Gasteiger charge is 1.97. The van der Waals surface area contributed by atoms with Gasteiger partial charge in [0.15, 0.2) is 0 Å². The van der Waals surface area contributed by atoms with Gasteiger partial charge in [-0.25, -0.2) is 0 Å². The first-order chi connectivity index (χ1) is 10.4. The molecule has 0 saturated carbocycles. The van der Waals surface area contributed by atoms with Gasteiger partial charge >= 0.3 is 0 Å². The lowest BCUT2D eigenvalue weighted by molar-refractivity contribution is 0.693. The van der Waals surface area contributed by atoms with E-state index in [1.165, 1.54) is 22.3 Å². The highest BCUT2D eigenvalue weighted by atomic mass is 35.5. The minimum atomic E-state index is 0. The predicted molar refractivity (Wildman–Crippen MR) is 96.1 cm³/mol. The van der Waals surface area contributed by atoms with E-state index in [-0.39, 0.29) is 12.4 Å². The maximum atomic E-state index is 3.48. The molecular weight excluding hydrogens is 290 g/mol. The molecule has 2 heteroatoms. The third-order valence-electron chi connectivity index (χ3n) is 3.56. The zero-order valence-corrected chi connectivity index (χ0v) is 13.2. The SMILES string of the molecule is Cl.c1ccc(CNCc2ccc(-c3ccccc3)cc2)cc1. The van der Waals surface area contributed by atoms with E-state index in [2.05, 4.69) is 78.1 Å². The molecule has 3 aromatic rings. The highest BCUT2D eigenvalue weighted by Crippen LogP contribution is 2.19. The standard InChI is InChI=1S/C20H19N.ClH/c1-3-7-17(8-4-1)15-21-16-18-11-13-20(14-12-18)19-9-5-2-6-10-19;/h1-14,21H,15-16H2;1H. The fourth-order valence-electron chi connectivity index (χ4n) is 2.39. The van der Waals surface area contributed by atoms with Crippen LogP contribution in [0.2, 0.25) is 0 Å². The fourth-order valence-corrected chi connectivity index (χ4v) is 2.39. The summed E-state index contributed by atoms with van der Waals surface area (Å²) >= 11 is 0. The molecule has 1 nitrogen and oxygen atoms in total. The van der Waals surface area contributed by atoms with Crippen molar-refractivity contribution in [1.29, 1.82) is 0 Å². The topological polar surface area (TPSA) is 12.0 Å². The molecule has 3 aromatic carbocycles. The van der Waals surface area contributed by atoms with Gasteiger partial charge in [0.2, 0.25) is 0 Å². The van der Waals surface area contributed by atoms with Crippen molar-refractivity contribution >= 4 is 12.4 Å². The maximum absolute atomic E-state index is 3.48. The molecule has 0 aliphatic heterocycles. The van der Waals surface area contributed by atoms with Crippen molar-refractivity contribution in [2.75, 3.05) is 0 Å². The second kappa shape index (κ2) is 8.38. The van der Waals surface area contributed by atoms with Gasteiger partial charge in [0, 0.05) is 13.1 Å². The summed E-state index contributed by atoms with van der Waals surface area (Å²) in [4.78, 5) is 0. The number of rotatable bonds is 5. The number of nitrogens with one attached hydrogen (secondary N) is 1. The van der Waals surface area contributed by atoms with Gasteiger partial charge in [-0.1, -0.05) is 84.9 Å². The van der Waals surface area contributed by atoms with Crippen LogP contribution in [0.25, 0.3) is 11.1 Å². The molecule has 0 radical (unpaired) electrons. The Morgan fingerprint density at radius 2 is 0.955 bits per heavy atom. The van der Waals surface area contributed by atoms with E-state index in [1.54, 1.807) is 0 Å². The summed E-state index contributed by atoms with van der Waals surface area (Å²) in [5.41, 5.74) is 5.16. The average molecular weight is 310 g/mol. The molecule has 22 heavy (non-hydrogen) atoms. The molecule has 0 heterocycles. The van der Waals surface area contributed by atoms with E-state index in [1.807, 2.05) is 12.1 Å². The zero-order valence-electron chi connectivity index (χ0n) is 12.4. The quantitative estimate of drug-likeness (QED) is 0.694. The number of halogens is 1. The minimum absolute atomic E-state index is 0. The Morgan fingerprint density at radius 1 is 0.500 bits per heavy atom. The van der Waals surface area contributed by atoms with E-state index in [9.17, 15) is 0 Å². The van der Waals surface area contributed by atoms with Crippen molar-refractivity contribution in [1.82, 2.24) is 5.32 Å². The van der Waals surface area contributed by atoms with Crippen LogP contribution in [0.15, 0.2) is 84.9 Å². The van der Waals surface area contributed by atoms with E-state index >= 15 is 0 Å². The molecule has 0 atom stereocenters. The van der Waals surface area contributed by atoms with Crippen LogP contribution in [0.1, 0.15) is 11.1 Å². The van der Waals surface area contributed by atoms with Crippen LogP contribution in [-0.4, -0.2) is 0 Å². The molecule has 0 bridgehead atoms. The third kappa shape index (κ3) is 4.45. The van der Waals surface area contributed by atoms with E-state index in [0.717, 1.165) is 13.1 Å². The second-order valence-electron chi connectivity index (χ2n) is 5.15. The van der Waals surface area contributed by atoms with Crippen molar-refractivity contribution in [3.8, 4) is 11.1 Å². The zero-order chi connectivity index (χ0) is 14.3. The summed E-state index contributed by atoms with van der Waals surface area (Å²) in [5.74, 6) is 0. The van der Waals surface area contributed by atoms with Gasteiger partial charge in [-0.2, -0.15) is 0 Å². The van der Waals surface area contributed by atoms with Gasteiger partial charge in [0.25, 0.3) is 0 Å². The molecule has 0 saturated heterocycles. The molecular formula is C20H20ClN. The molecule has 0 amide bonds. The van der Waals surface area contributed by atoms with Crippen LogP contribution in [0.3, 0.4) is 0 Å². The molecule has 0 spiro atoms. The van der Waals surface area contributed by atoms with Gasteiger partial charge < -0.3 is 5.32 Å². The normalized spacial score (nSPS) is 10.0. The van der Waals surface area contributed by atoms with Crippen LogP contribution in [-0.2, 0) is 13.1 Å². The molecule has 0 unspecified atom stereocenters. The number of benzene rings is 3. The lowest BCUT2D eigenvalue weighted by Crippen LogP contribution is -2.12. The van der Waals surface area contributed by atoms with E-state index in [4.69, 9.17) is 0 Å². The summed E-state index contributed by atoms with van der Waals surface area (Å²) in [5, 5.41) is 3.48. The Bertz CT molecular complexity index is 663. The molecule has 112 valence electrons. The van der Waals surface area contributed by atoms with Crippen molar-refractivity contribution in [2.45, 2.75) is 13.1 Å². The lowest BCUT2D eigenvalue weighted by Gasteiger charge is -2.07. The molecule has 1 N–H and O–H groups in total. The van der Waals surface area contributed by atoms with Crippen molar-refractivity contribution in [3.05, 3.63) is 96.1 Å². The second-order valence-corrected chi connectivity index (χ2v) is 5.15. The van der Waals surface area contributed by atoms with E-state index in [0.29, 0.717) is 0 Å². The Morgan fingerprint density at radius 3 is 1.55 bits per heavy atom. The van der Waals surface area contributed by atoms with Crippen LogP contribution < -0.4 is 5.32 Å². The van der Waals surface area contributed by atoms with Crippen molar-refractivity contribution in [3.63, 3.8) is 0 Å². The van der Waals surface area contributed by atoms with Gasteiger partial charge in [-0.3, -0.25) is 0 Å². The van der Waals surface area contributed by atoms with Crippen LogP contribution in [0.4, 0.5) is 0 Å². The van der Waals surface area contributed by atoms with Crippen LogP contribution in [0, 0.1) is 0 Å². The largest absolute Gasteiger partial charge is 0.309 e. The van der Waals surface area contributed by atoms with Gasteiger partial charge in [-0.15, -0.1) is 12.4 Å². The monoisotopic (exact) mass is 309 g/mol. The number of hydrogen-bond acceptors (Lipinski definition) is 1. The number of hydrogen-bond donors (Lipinski definition) is 1. The fraction of sp³-hybridized carbons (Fsp3) is 0.100. The summed E-state index contributed by atoms with van der Waals surface area (Å²) < 4.78 is 0. The molecule has 0 aromatic heterocycles. The third-order valence-corrected chi connectivity index (χ3v) is 3.56. The highest BCUT2D eigenvalue weighted by molar-refractivity contribution is 5.85. The first-order valence-corrected chi connectivity index (χ1v) is 7.31. The van der Waals surface area contributed by atoms with Crippen LogP contribution >= 0.6 is 12.4 Å². The summed E-state index contributed by atoms with van der Waals surface area (Å²) in [6, 6.07) is 29.7. The first-order valence-electron chi connectivity index (χ1n) is 7.31. The molecule has 3 rings (SSSR count). The van der Waals surface area contributed by atoms with Crippen molar-refractivity contribution < 1.29 is 0 Å². The molecule has 0 fully saturated rings. The summed E-state index contributed by atoms with van der Waals surface area (Å²) in [6.07, 6.45) is 0. The molecule has 0 aliphatic rings. The lowest BCUT2D eigenvalue weighted by atomic mass is 10.0. The van der Waals surface area contributed by atoms with Crippen LogP contribution in [0.5, 0.6) is 0 Å². The van der Waals surface area contributed by atoms with Gasteiger partial charge in [-0.05, 0) is 22.3 Å². The average Bonchev–Trinajstić information content (AvgIpc) is 2.57. The smallest absolute Gasteiger partial charge is 0.0208 e. The van der Waals surface area contributed by atoms with Gasteiger partial charge in [0.1, 0.15) is 0 Å². The molecule has 0 aliphatic carbocycles. The summed E-state index contributed by atoms with van der Waals surface area (Å²) in [6.45, 7) is 1.80. The Hall–Kier alpha value is -2.09.